The summed E-state index contributed by atoms with van der Waals surface area (Å²) in [5.41, 5.74) is 1.59. The van der Waals surface area contributed by atoms with Crippen LogP contribution in [-0.2, 0) is 4.79 Å². The lowest BCUT2D eigenvalue weighted by Crippen LogP contribution is -2.25. The molecule has 1 amide bonds. The Morgan fingerprint density at radius 1 is 1.42 bits per heavy atom. The maximum Gasteiger partial charge on any atom is 0.230 e. The summed E-state index contributed by atoms with van der Waals surface area (Å²) < 4.78 is 7.11. The summed E-state index contributed by atoms with van der Waals surface area (Å²) >= 11 is 0. The van der Waals surface area contributed by atoms with E-state index in [0.717, 1.165) is 11.2 Å². The minimum Gasteiger partial charge on any atom is -0.443 e. The molecule has 1 aliphatic heterocycles. The van der Waals surface area contributed by atoms with Crippen LogP contribution in [-0.4, -0.2) is 38.3 Å². The first-order valence-corrected chi connectivity index (χ1v) is 7.56. The number of nitrogens with zero attached hydrogens (tertiary/aromatic N) is 5. The van der Waals surface area contributed by atoms with Crippen LogP contribution in [0.5, 0.6) is 0 Å². The third-order valence-electron chi connectivity index (χ3n) is 4.12. The molecule has 0 aliphatic carbocycles. The number of fused-ring (bicyclic) bond motifs is 1. The average molecular weight is 322 g/mol. The summed E-state index contributed by atoms with van der Waals surface area (Å²) in [6.45, 7) is 1.09. The van der Waals surface area contributed by atoms with Crippen LogP contribution >= 0.6 is 0 Å². The third kappa shape index (κ3) is 2.56. The van der Waals surface area contributed by atoms with Gasteiger partial charge >= 0.3 is 0 Å². The first kappa shape index (κ1) is 14.3. The number of hydrogen-bond donors (Lipinski definition) is 1. The van der Waals surface area contributed by atoms with Crippen LogP contribution < -0.4 is 5.32 Å². The predicted octanol–water partition coefficient (Wildman–Crippen LogP) is 1.73. The molecule has 0 spiro atoms. The molecule has 4 rings (SSSR count). The van der Waals surface area contributed by atoms with Crippen molar-refractivity contribution in [1.29, 1.82) is 5.26 Å². The first-order chi connectivity index (χ1) is 11.7. The lowest BCUT2D eigenvalue weighted by atomic mass is 10.1. The monoisotopic (exact) mass is 322 g/mol. The van der Waals surface area contributed by atoms with E-state index in [2.05, 4.69) is 21.5 Å². The summed E-state index contributed by atoms with van der Waals surface area (Å²) in [5, 5.41) is 11.7. The highest BCUT2D eigenvalue weighted by Crippen LogP contribution is 2.21. The Morgan fingerprint density at radius 2 is 2.33 bits per heavy atom. The number of imidazole rings is 1. The molecule has 3 aromatic rings. The van der Waals surface area contributed by atoms with Crippen molar-refractivity contribution in [2.24, 2.45) is 5.92 Å². The molecule has 0 bridgehead atoms. The Morgan fingerprint density at radius 3 is 3.08 bits per heavy atom. The van der Waals surface area contributed by atoms with E-state index in [1.54, 1.807) is 17.3 Å². The average Bonchev–Trinajstić information content (AvgIpc) is 3.33. The van der Waals surface area contributed by atoms with Gasteiger partial charge in [0.25, 0.3) is 0 Å². The quantitative estimate of drug-likeness (QED) is 0.737. The van der Waals surface area contributed by atoms with E-state index < -0.39 is 0 Å². The zero-order chi connectivity index (χ0) is 16.5. The van der Waals surface area contributed by atoms with Gasteiger partial charge in [-0.25, -0.2) is 9.97 Å². The largest absolute Gasteiger partial charge is 0.443 e. The second kappa shape index (κ2) is 5.70. The Labute approximate surface area is 137 Å². The fourth-order valence-electron chi connectivity index (χ4n) is 2.85. The lowest BCUT2D eigenvalue weighted by Gasteiger charge is -2.08. The van der Waals surface area contributed by atoms with E-state index in [9.17, 15) is 4.79 Å². The molecule has 1 atom stereocenters. The normalized spacial score (nSPS) is 17.1. The van der Waals surface area contributed by atoms with E-state index >= 15 is 0 Å². The molecule has 1 saturated heterocycles. The van der Waals surface area contributed by atoms with Crippen molar-refractivity contribution in [2.45, 2.75) is 6.42 Å². The maximum absolute atomic E-state index is 12.3. The van der Waals surface area contributed by atoms with Gasteiger partial charge in [-0.05, 0) is 18.6 Å². The Balaban J connectivity index is 1.53. The van der Waals surface area contributed by atoms with Gasteiger partial charge in [-0.15, -0.1) is 0 Å². The number of rotatable bonds is 3. The van der Waals surface area contributed by atoms with Gasteiger partial charge < -0.3 is 19.0 Å². The number of amides is 1. The van der Waals surface area contributed by atoms with E-state index in [1.807, 2.05) is 22.7 Å². The Bertz CT molecular complexity index is 924. The molecule has 1 aliphatic rings. The van der Waals surface area contributed by atoms with Gasteiger partial charge in [0.05, 0.1) is 18.3 Å². The molecule has 24 heavy (non-hydrogen) atoms. The Hall–Kier alpha value is -3.34. The van der Waals surface area contributed by atoms with Crippen LogP contribution in [0.2, 0.25) is 0 Å². The molecule has 0 radical (unpaired) electrons. The second-order valence-electron chi connectivity index (χ2n) is 5.70. The SMILES string of the molecule is N#CN1CC[C@H](C(=O)Nc2cn3cc(-c4cnco4)ccc3n2)C1. The van der Waals surface area contributed by atoms with E-state index in [1.165, 1.54) is 6.39 Å². The number of nitriles is 1. The summed E-state index contributed by atoms with van der Waals surface area (Å²) in [6, 6.07) is 3.73. The number of likely N-dealkylation sites (tertiary alicyclic amines) is 1. The molecule has 0 aromatic carbocycles. The van der Waals surface area contributed by atoms with Crippen LogP contribution in [0.4, 0.5) is 5.82 Å². The van der Waals surface area contributed by atoms with E-state index in [-0.39, 0.29) is 11.8 Å². The molecule has 1 N–H and O–H groups in total. The fraction of sp³-hybridized carbons (Fsp3) is 0.250. The van der Waals surface area contributed by atoms with Crippen molar-refractivity contribution in [1.82, 2.24) is 19.3 Å². The van der Waals surface area contributed by atoms with Gasteiger partial charge in [0.2, 0.25) is 5.91 Å². The molecule has 4 heterocycles. The van der Waals surface area contributed by atoms with Crippen molar-refractivity contribution >= 4 is 17.4 Å². The van der Waals surface area contributed by atoms with Crippen molar-refractivity contribution in [3.05, 3.63) is 37.1 Å². The summed E-state index contributed by atoms with van der Waals surface area (Å²) in [7, 11) is 0. The van der Waals surface area contributed by atoms with Gasteiger partial charge in [0.15, 0.2) is 24.2 Å². The fourth-order valence-corrected chi connectivity index (χ4v) is 2.85. The van der Waals surface area contributed by atoms with Crippen LogP contribution in [0.25, 0.3) is 17.0 Å². The zero-order valence-electron chi connectivity index (χ0n) is 12.7. The highest BCUT2D eigenvalue weighted by Gasteiger charge is 2.28. The standard InChI is InChI=1S/C16H14N6O2/c17-9-21-4-3-12(6-21)16(23)20-14-8-22-7-11(1-2-15(22)19-14)13-5-18-10-24-13/h1-2,5,7-8,10,12H,3-4,6H2,(H,20,23)/t12-/m0/s1. The van der Waals surface area contributed by atoms with Crippen molar-refractivity contribution < 1.29 is 9.21 Å². The molecule has 0 saturated carbocycles. The Kier molecular flexibility index (Phi) is 3.39. The number of nitrogens with one attached hydrogen (secondary N) is 1. The number of carbonyl (C=O) groups excluding carboxylic acids is 1. The lowest BCUT2D eigenvalue weighted by molar-refractivity contribution is -0.119. The van der Waals surface area contributed by atoms with Crippen LogP contribution in [0.15, 0.2) is 41.5 Å². The zero-order valence-corrected chi connectivity index (χ0v) is 12.7. The highest BCUT2D eigenvalue weighted by atomic mass is 16.3. The van der Waals surface area contributed by atoms with E-state index in [0.29, 0.717) is 31.1 Å². The predicted molar refractivity (Wildman–Crippen MR) is 84.6 cm³/mol. The molecule has 3 aromatic heterocycles. The maximum atomic E-state index is 12.3. The number of carbonyl (C=O) groups is 1. The van der Waals surface area contributed by atoms with Crippen molar-refractivity contribution in [3.63, 3.8) is 0 Å². The molecular weight excluding hydrogens is 308 g/mol. The van der Waals surface area contributed by atoms with Gasteiger partial charge in [-0.2, -0.15) is 5.26 Å². The molecular formula is C16H14N6O2. The molecule has 120 valence electrons. The third-order valence-corrected chi connectivity index (χ3v) is 4.12. The summed E-state index contributed by atoms with van der Waals surface area (Å²) in [5.74, 6) is 0.870. The first-order valence-electron chi connectivity index (χ1n) is 7.56. The topological polar surface area (TPSA) is 99.5 Å². The molecule has 1 fully saturated rings. The van der Waals surface area contributed by atoms with Gasteiger partial charge in [-0.1, -0.05) is 0 Å². The molecule has 0 unspecified atom stereocenters. The second-order valence-corrected chi connectivity index (χ2v) is 5.70. The number of anilines is 1. The number of aromatic nitrogens is 3. The van der Waals surface area contributed by atoms with Crippen molar-refractivity contribution in [2.75, 3.05) is 18.4 Å². The van der Waals surface area contributed by atoms with Gasteiger partial charge in [-0.3, -0.25) is 4.79 Å². The number of hydrogen-bond acceptors (Lipinski definition) is 6. The van der Waals surface area contributed by atoms with Gasteiger partial charge in [0, 0.05) is 24.8 Å². The smallest absolute Gasteiger partial charge is 0.230 e. The number of pyridine rings is 1. The molecule has 8 heteroatoms. The summed E-state index contributed by atoms with van der Waals surface area (Å²) in [6.07, 6.45) is 9.40. The van der Waals surface area contributed by atoms with E-state index in [4.69, 9.17) is 9.68 Å². The van der Waals surface area contributed by atoms with Crippen molar-refractivity contribution in [3.8, 4) is 17.5 Å². The van der Waals surface area contributed by atoms with Crippen LogP contribution in [0, 0.1) is 17.4 Å². The van der Waals surface area contributed by atoms with Crippen LogP contribution in [0.1, 0.15) is 6.42 Å². The summed E-state index contributed by atoms with van der Waals surface area (Å²) in [4.78, 5) is 22.2. The van der Waals surface area contributed by atoms with Gasteiger partial charge in [0.1, 0.15) is 5.65 Å². The van der Waals surface area contributed by atoms with Crippen LogP contribution in [0.3, 0.4) is 0 Å². The minimum absolute atomic E-state index is 0.105. The highest BCUT2D eigenvalue weighted by molar-refractivity contribution is 5.92. The minimum atomic E-state index is -0.181. The molecule has 8 nitrogen and oxygen atoms in total. The number of oxazole rings is 1.